The molecular weight excluding hydrogens is 444 g/mol. The number of rotatable bonds is 7. The molecule has 2 bridgehead atoms. The Morgan fingerprint density at radius 1 is 1.00 bits per heavy atom. The molecule has 1 aliphatic carbocycles. The van der Waals surface area contributed by atoms with Crippen LogP contribution in [0.1, 0.15) is 62.5 Å². The molecule has 0 saturated carbocycles. The van der Waals surface area contributed by atoms with E-state index in [4.69, 9.17) is 4.74 Å². The molecule has 2 aromatic carbocycles. The third-order valence-electron chi connectivity index (χ3n) is 7.85. The molecule has 2 fully saturated rings. The van der Waals surface area contributed by atoms with Crippen LogP contribution in [0.5, 0.6) is 0 Å². The van der Waals surface area contributed by atoms with Crippen LogP contribution in [0, 0.1) is 5.92 Å². The number of alkyl carbamates (subject to hydrolysis) is 1. The predicted molar refractivity (Wildman–Crippen MR) is 131 cm³/mol. The van der Waals surface area contributed by atoms with E-state index in [2.05, 4.69) is 29.6 Å². The lowest BCUT2D eigenvalue weighted by atomic mass is 9.90. The van der Waals surface area contributed by atoms with Crippen LogP contribution in [0.3, 0.4) is 0 Å². The molecule has 5 rings (SSSR count). The van der Waals surface area contributed by atoms with E-state index in [1.54, 1.807) is 0 Å². The first-order valence-electron chi connectivity index (χ1n) is 12.6. The summed E-state index contributed by atoms with van der Waals surface area (Å²) in [6, 6.07) is 15.5. The number of amides is 2. The third kappa shape index (κ3) is 4.40. The van der Waals surface area contributed by atoms with E-state index in [1.807, 2.05) is 36.1 Å². The Morgan fingerprint density at radius 3 is 2.11 bits per heavy atom. The molecule has 184 valence electrons. The Labute approximate surface area is 205 Å². The largest absolute Gasteiger partial charge is 0.481 e. The molecule has 35 heavy (non-hydrogen) atoms. The van der Waals surface area contributed by atoms with Crippen LogP contribution in [0.2, 0.25) is 0 Å². The molecule has 0 radical (unpaired) electrons. The fourth-order valence-electron chi connectivity index (χ4n) is 6.25. The summed E-state index contributed by atoms with van der Waals surface area (Å²) in [4.78, 5) is 39.6. The number of hydrogen-bond acceptors (Lipinski definition) is 4. The van der Waals surface area contributed by atoms with E-state index in [0.717, 1.165) is 41.5 Å². The topological polar surface area (TPSA) is 95.9 Å². The van der Waals surface area contributed by atoms with E-state index in [1.165, 1.54) is 0 Å². The summed E-state index contributed by atoms with van der Waals surface area (Å²) in [5, 5.41) is 12.3. The second-order valence-corrected chi connectivity index (χ2v) is 9.95. The van der Waals surface area contributed by atoms with Gasteiger partial charge in [-0.2, -0.15) is 0 Å². The zero-order chi connectivity index (χ0) is 24.5. The Kier molecular flexibility index (Phi) is 6.50. The first-order chi connectivity index (χ1) is 17.0. The van der Waals surface area contributed by atoms with E-state index in [0.29, 0.717) is 19.3 Å². The maximum Gasteiger partial charge on any atom is 0.407 e. The summed E-state index contributed by atoms with van der Waals surface area (Å²) < 4.78 is 5.67. The van der Waals surface area contributed by atoms with Gasteiger partial charge in [0.05, 0.1) is 5.92 Å². The molecule has 3 aliphatic rings. The second-order valence-electron chi connectivity index (χ2n) is 9.95. The van der Waals surface area contributed by atoms with Gasteiger partial charge in [0.15, 0.2) is 0 Å². The smallest absolute Gasteiger partial charge is 0.407 e. The lowest BCUT2D eigenvalue weighted by Gasteiger charge is -2.39. The highest BCUT2D eigenvalue weighted by atomic mass is 16.5. The fraction of sp³-hybridized carbons (Fsp3) is 0.464. The molecule has 0 aromatic heterocycles. The first kappa shape index (κ1) is 23.4. The molecule has 7 heteroatoms. The molecular formula is C28H32N2O5. The minimum atomic E-state index is -0.782. The zero-order valence-corrected chi connectivity index (χ0v) is 20.0. The van der Waals surface area contributed by atoms with Gasteiger partial charge in [-0.1, -0.05) is 61.9 Å². The molecule has 2 aliphatic heterocycles. The maximum absolute atomic E-state index is 13.5. The van der Waals surface area contributed by atoms with Crippen molar-refractivity contribution in [1.29, 1.82) is 0 Å². The lowest BCUT2D eigenvalue weighted by molar-refractivity contribution is -0.149. The van der Waals surface area contributed by atoms with E-state index < -0.39 is 24.0 Å². The number of piperidine rings is 1. The summed E-state index contributed by atoms with van der Waals surface area (Å²) >= 11 is 0. The molecule has 2 aromatic rings. The first-order valence-corrected chi connectivity index (χ1v) is 12.6. The fourth-order valence-corrected chi connectivity index (χ4v) is 6.25. The SMILES string of the molecule is CCC[C@H](NC(=O)OCC1c2ccccc2-c2ccccc21)C(=O)N1C2CCC1CC(C(=O)O)C2. The minimum Gasteiger partial charge on any atom is -0.481 e. The zero-order valence-electron chi connectivity index (χ0n) is 20.0. The van der Waals surface area contributed by atoms with Crippen LogP contribution in [0.25, 0.3) is 11.1 Å². The molecule has 2 saturated heterocycles. The van der Waals surface area contributed by atoms with Crippen molar-refractivity contribution in [3.8, 4) is 11.1 Å². The quantitative estimate of drug-likeness (QED) is 0.611. The van der Waals surface area contributed by atoms with Crippen LogP contribution in [0.4, 0.5) is 4.79 Å². The van der Waals surface area contributed by atoms with Gasteiger partial charge in [0, 0.05) is 18.0 Å². The van der Waals surface area contributed by atoms with Gasteiger partial charge in [-0.05, 0) is 54.4 Å². The van der Waals surface area contributed by atoms with Gasteiger partial charge in [0.2, 0.25) is 5.91 Å². The normalized spacial score (nSPS) is 23.3. The average Bonchev–Trinajstić information content (AvgIpc) is 3.32. The molecule has 0 spiro atoms. The van der Waals surface area contributed by atoms with E-state index >= 15 is 0 Å². The molecule has 2 N–H and O–H groups in total. The highest BCUT2D eigenvalue weighted by Crippen LogP contribution is 2.44. The van der Waals surface area contributed by atoms with Crippen molar-refractivity contribution < 1.29 is 24.2 Å². The molecule has 2 unspecified atom stereocenters. The highest BCUT2D eigenvalue weighted by molar-refractivity contribution is 5.87. The number of carboxylic acids is 1. The van der Waals surface area contributed by atoms with Crippen molar-refractivity contribution >= 4 is 18.0 Å². The minimum absolute atomic E-state index is 0.0423. The summed E-state index contributed by atoms with van der Waals surface area (Å²) in [6.45, 7) is 2.17. The van der Waals surface area contributed by atoms with Crippen LogP contribution in [-0.2, 0) is 14.3 Å². The average molecular weight is 477 g/mol. The number of hydrogen-bond donors (Lipinski definition) is 2. The number of ether oxygens (including phenoxy) is 1. The number of nitrogens with zero attached hydrogens (tertiary/aromatic N) is 1. The number of carbonyl (C=O) groups is 3. The Bertz CT molecular complexity index is 1070. The summed E-state index contributed by atoms with van der Waals surface area (Å²) in [5.74, 6) is -1.33. The van der Waals surface area contributed by atoms with Gasteiger partial charge in [-0.25, -0.2) is 4.79 Å². The van der Waals surface area contributed by atoms with Crippen molar-refractivity contribution in [2.24, 2.45) is 5.92 Å². The number of carboxylic acid groups (broad SMARTS) is 1. The van der Waals surface area contributed by atoms with Crippen LogP contribution < -0.4 is 5.32 Å². The van der Waals surface area contributed by atoms with Gasteiger partial charge in [-0.15, -0.1) is 0 Å². The molecule has 3 atom stereocenters. The third-order valence-corrected chi connectivity index (χ3v) is 7.85. The number of fused-ring (bicyclic) bond motifs is 5. The van der Waals surface area contributed by atoms with Crippen molar-refractivity contribution in [1.82, 2.24) is 10.2 Å². The van der Waals surface area contributed by atoms with Crippen LogP contribution in [0.15, 0.2) is 48.5 Å². The van der Waals surface area contributed by atoms with Crippen molar-refractivity contribution in [2.45, 2.75) is 69.5 Å². The highest BCUT2D eigenvalue weighted by Gasteiger charge is 2.46. The van der Waals surface area contributed by atoms with Gasteiger partial charge in [-0.3, -0.25) is 9.59 Å². The van der Waals surface area contributed by atoms with Crippen molar-refractivity contribution in [3.63, 3.8) is 0 Å². The van der Waals surface area contributed by atoms with Gasteiger partial charge >= 0.3 is 12.1 Å². The van der Waals surface area contributed by atoms with Gasteiger partial charge in [0.1, 0.15) is 12.6 Å². The number of nitrogens with one attached hydrogen (secondary N) is 1. The Morgan fingerprint density at radius 2 is 1.57 bits per heavy atom. The van der Waals surface area contributed by atoms with Crippen molar-refractivity contribution in [2.75, 3.05) is 6.61 Å². The molecule has 2 amide bonds. The van der Waals surface area contributed by atoms with Crippen molar-refractivity contribution in [3.05, 3.63) is 59.7 Å². The Balaban J connectivity index is 1.24. The standard InChI is InChI=1S/C28H32N2O5/c1-2-7-25(26(31)30-18-12-13-19(30)15-17(14-18)27(32)33)29-28(34)35-16-24-22-10-5-3-8-20(22)21-9-4-6-11-23(21)24/h3-6,8-11,17-19,24-25H,2,7,12-16H2,1H3,(H,29,34)(H,32,33)/t17?,18?,19?,25-/m0/s1. The number of benzene rings is 2. The second kappa shape index (κ2) is 9.72. The monoisotopic (exact) mass is 476 g/mol. The van der Waals surface area contributed by atoms with Crippen LogP contribution in [-0.4, -0.2) is 52.7 Å². The number of aliphatic carboxylic acids is 1. The molecule has 2 heterocycles. The van der Waals surface area contributed by atoms with E-state index in [9.17, 15) is 19.5 Å². The van der Waals surface area contributed by atoms with Crippen LogP contribution >= 0.6 is 0 Å². The lowest BCUT2D eigenvalue weighted by Crippen LogP contribution is -2.55. The van der Waals surface area contributed by atoms with Gasteiger partial charge < -0.3 is 20.1 Å². The number of carbonyl (C=O) groups excluding carboxylic acids is 2. The Hall–Kier alpha value is -3.35. The molecule has 7 nitrogen and oxygen atoms in total. The summed E-state index contributed by atoms with van der Waals surface area (Å²) in [5.41, 5.74) is 4.61. The maximum atomic E-state index is 13.5. The summed E-state index contributed by atoms with van der Waals surface area (Å²) in [6.07, 6.45) is 3.28. The van der Waals surface area contributed by atoms with E-state index in [-0.39, 0.29) is 30.5 Å². The van der Waals surface area contributed by atoms with Gasteiger partial charge in [0.25, 0.3) is 0 Å². The summed E-state index contributed by atoms with van der Waals surface area (Å²) in [7, 11) is 0. The predicted octanol–water partition coefficient (Wildman–Crippen LogP) is 4.55.